The zero-order chi connectivity index (χ0) is 13.1. The van der Waals surface area contributed by atoms with E-state index in [1.165, 1.54) is 5.56 Å². The van der Waals surface area contributed by atoms with E-state index in [1.807, 2.05) is 25.1 Å². The van der Waals surface area contributed by atoms with Crippen molar-refractivity contribution in [3.63, 3.8) is 0 Å². The molecule has 0 fully saturated rings. The van der Waals surface area contributed by atoms with Crippen molar-refractivity contribution < 1.29 is 4.74 Å². The second-order valence-corrected chi connectivity index (χ2v) is 5.22. The quantitative estimate of drug-likeness (QED) is 0.923. The molecule has 0 bridgehead atoms. The Morgan fingerprint density at radius 3 is 2.72 bits per heavy atom. The van der Waals surface area contributed by atoms with Gasteiger partial charge < -0.3 is 9.72 Å². The Hall–Kier alpha value is -1.00. The monoisotopic (exact) mass is 328 g/mol. The van der Waals surface area contributed by atoms with Crippen LogP contribution in [0.1, 0.15) is 17.1 Å². The van der Waals surface area contributed by atoms with Gasteiger partial charge in [-0.15, -0.1) is 0 Å². The summed E-state index contributed by atoms with van der Waals surface area (Å²) in [6.07, 6.45) is 1.80. The number of nitrogens with one attached hydrogen (secondary N) is 1. The number of benzene rings is 1. The van der Waals surface area contributed by atoms with Gasteiger partial charge in [0, 0.05) is 5.69 Å². The Morgan fingerprint density at radius 1 is 1.39 bits per heavy atom. The van der Waals surface area contributed by atoms with Gasteiger partial charge in [0.2, 0.25) is 0 Å². The number of halogens is 2. The molecule has 2 aromatic rings. The molecular formula is C13H14BrClN2O. The maximum atomic E-state index is 6.09. The fourth-order valence-electron chi connectivity index (χ4n) is 1.81. The lowest BCUT2D eigenvalue weighted by Crippen LogP contribution is -1.94. The molecule has 5 heteroatoms. The molecule has 0 saturated heterocycles. The molecule has 1 heterocycles. The van der Waals surface area contributed by atoms with Crippen LogP contribution in [-0.2, 0) is 12.8 Å². The van der Waals surface area contributed by atoms with Gasteiger partial charge in [0.05, 0.1) is 12.1 Å². The minimum absolute atomic E-state index is 0.648. The molecule has 96 valence electrons. The van der Waals surface area contributed by atoms with Crippen LogP contribution in [0.15, 0.2) is 22.8 Å². The number of aryl methyl sites for hydroxylation is 3. The van der Waals surface area contributed by atoms with Crippen LogP contribution in [-0.4, -0.2) is 17.1 Å². The zero-order valence-corrected chi connectivity index (χ0v) is 12.6. The lowest BCUT2D eigenvalue weighted by Gasteiger charge is -2.05. The molecule has 0 aliphatic carbocycles. The number of H-pyrrole nitrogens is 1. The fraction of sp³-hybridized carbons (Fsp3) is 0.308. The molecule has 0 amide bonds. The maximum absolute atomic E-state index is 6.09. The van der Waals surface area contributed by atoms with Crippen molar-refractivity contribution in [2.24, 2.45) is 0 Å². The first-order valence-corrected chi connectivity index (χ1v) is 6.80. The highest BCUT2D eigenvalue weighted by Crippen LogP contribution is 2.25. The SMILES string of the molecule is COc1ccc(CCc2[nH]c(C)nc2Br)cc1Cl. The predicted molar refractivity (Wildman–Crippen MR) is 76.4 cm³/mol. The van der Waals surface area contributed by atoms with Crippen molar-refractivity contribution in [2.75, 3.05) is 7.11 Å². The van der Waals surface area contributed by atoms with Crippen LogP contribution in [0.3, 0.4) is 0 Å². The summed E-state index contributed by atoms with van der Waals surface area (Å²) >= 11 is 9.53. The third-order valence-corrected chi connectivity index (χ3v) is 3.68. The van der Waals surface area contributed by atoms with E-state index < -0.39 is 0 Å². The number of imidazole rings is 1. The summed E-state index contributed by atoms with van der Waals surface area (Å²) in [6.45, 7) is 1.94. The van der Waals surface area contributed by atoms with Gasteiger partial charge in [-0.3, -0.25) is 0 Å². The highest BCUT2D eigenvalue weighted by molar-refractivity contribution is 9.10. The number of hydrogen-bond donors (Lipinski definition) is 1. The first kappa shape index (κ1) is 13.4. The van der Waals surface area contributed by atoms with Gasteiger partial charge in [-0.1, -0.05) is 17.7 Å². The Bertz CT molecular complexity index is 554. The highest BCUT2D eigenvalue weighted by Gasteiger charge is 2.07. The lowest BCUT2D eigenvalue weighted by molar-refractivity contribution is 0.415. The van der Waals surface area contributed by atoms with Crippen LogP contribution in [0.2, 0.25) is 5.02 Å². The van der Waals surface area contributed by atoms with Crippen LogP contribution >= 0.6 is 27.5 Å². The number of methoxy groups -OCH3 is 1. The number of rotatable bonds is 4. The molecule has 2 rings (SSSR count). The normalized spacial score (nSPS) is 10.7. The van der Waals surface area contributed by atoms with E-state index in [0.29, 0.717) is 10.8 Å². The summed E-state index contributed by atoms with van der Waals surface area (Å²) in [5, 5.41) is 0.648. The van der Waals surface area contributed by atoms with E-state index in [2.05, 4.69) is 25.9 Å². The average molecular weight is 330 g/mol. The molecule has 0 radical (unpaired) electrons. The van der Waals surface area contributed by atoms with Crippen LogP contribution in [0.25, 0.3) is 0 Å². The van der Waals surface area contributed by atoms with E-state index in [4.69, 9.17) is 16.3 Å². The first-order chi connectivity index (χ1) is 8.60. The van der Waals surface area contributed by atoms with Crippen LogP contribution in [0.5, 0.6) is 5.75 Å². The number of aromatic amines is 1. The second-order valence-electron chi connectivity index (χ2n) is 4.06. The van der Waals surface area contributed by atoms with Gasteiger partial charge >= 0.3 is 0 Å². The van der Waals surface area contributed by atoms with Crippen LogP contribution in [0.4, 0.5) is 0 Å². The molecule has 0 aliphatic rings. The van der Waals surface area contributed by atoms with Crippen LogP contribution in [0, 0.1) is 6.92 Å². The molecule has 0 saturated carbocycles. The Kier molecular flexibility index (Phi) is 4.30. The van der Waals surface area contributed by atoms with E-state index in [9.17, 15) is 0 Å². The molecule has 18 heavy (non-hydrogen) atoms. The van der Waals surface area contributed by atoms with Gasteiger partial charge in [-0.25, -0.2) is 4.98 Å². The molecule has 1 N–H and O–H groups in total. The minimum atomic E-state index is 0.648. The summed E-state index contributed by atoms with van der Waals surface area (Å²) < 4.78 is 6.02. The lowest BCUT2D eigenvalue weighted by atomic mass is 10.1. The predicted octanol–water partition coefficient (Wildman–Crippen LogP) is 3.93. The van der Waals surface area contributed by atoms with Crippen molar-refractivity contribution >= 4 is 27.5 Å². The summed E-state index contributed by atoms with van der Waals surface area (Å²) in [5.41, 5.74) is 2.29. The van der Waals surface area contributed by atoms with Crippen molar-refractivity contribution in [2.45, 2.75) is 19.8 Å². The topological polar surface area (TPSA) is 37.9 Å². The zero-order valence-electron chi connectivity index (χ0n) is 10.3. The van der Waals surface area contributed by atoms with Gasteiger partial charge in [0.25, 0.3) is 0 Å². The maximum Gasteiger partial charge on any atom is 0.137 e. The largest absolute Gasteiger partial charge is 0.495 e. The van der Waals surface area contributed by atoms with E-state index in [1.54, 1.807) is 7.11 Å². The van der Waals surface area contributed by atoms with E-state index in [0.717, 1.165) is 29.0 Å². The summed E-state index contributed by atoms with van der Waals surface area (Å²) in [7, 11) is 1.62. The summed E-state index contributed by atoms with van der Waals surface area (Å²) in [5.74, 6) is 1.63. The third-order valence-electron chi connectivity index (χ3n) is 2.73. The molecule has 0 atom stereocenters. The average Bonchev–Trinajstić information content (AvgIpc) is 2.65. The van der Waals surface area contributed by atoms with E-state index in [-0.39, 0.29) is 0 Å². The second kappa shape index (κ2) is 5.76. The minimum Gasteiger partial charge on any atom is -0.495 e. The molecule has 0 spiro atoms. The van der Waals surface area contributed by atoms with Crippen molar-refractivity contribution in [3.8, 4) is 5.75 Å². The van der Waals surface area contributed by atoms with Crippen molar-refractivity contribution in [1.82, 2.24) is 9.97 Å². The number of hydrogen-bond acceptors (Lipinski definition) is 2. The fourth-order valence-corrected chi connectivity index (χ4v) is 2.66. The Labute approximate surface area is 120 Å². The number of ether oxygens (including phenoxy) is 1. The smallest absolute Gasteiger partial charge is 0.137 e. The summed E-state index contributed by atoms with van der Waals surface area (Å²) in [6, 6.07) is 5.87. The first-order valence-electron chi connectivity index (χ1n) is 5.63. The number of aromatic nitrogens is 2. The van der Waals surface area contributed by atoms with Gasteiger partial charge in [-0.2, -0.15) is 0 Å². The molecule has 3 nitrogen and oxygen atoms in total. The molecule has 1 aromatic heterocycles. The van der Waals surface area contributed by atoms with Crippen LogP contribution < -0.4 is 4.74 Å². The van der Waals surface area contributed by atoms with Gasteiger partial charge in [0.15, 0.2) is 0 Å². The Morgan fingerprint density at radius 2 is 2.17 bits per heavy atom. The number of nitrogens with zero attached hydrogens (tertiary/aromatic N) is 1. The molecule has 0 aliphatic heterocycles. The van der Waals surface area contributed by atoms with Gasteiger partial charge in [0.1, 0.15) is 16.2 Å². The standard InChI is InChI=1S/C13H14BrClN2O/c1-8-16-11(13(14)17-8)5-3-9-4-6-12(18-2)10(15)7-9/h4,6-7H,3,5H2,1-2H3,(H,16,17). The highest BCUT2D eigenvalue weighted by atomic mass is 79.9. The Balaban J connectivity index is 2.06. The van der Waals surface area contributed by atoms with Gasteiger partial charge in [-0.05, 0) is 53.4 Å². The summed E-state index contributed by atoms with van der Waals surface area (Å²) in [4.78, 5) is 7.52. The van der Waals surface area contributed by atoms with Crippen molar-refractivity contribution in [3.05, 3.63) is 44.9 Å². The van der Waals surface area contributed by atoms with E-state index >= 15 is 0 Å². The molecular weight excluding hydrogens is 316 g/mol. The molecule has 0 unspecified atom stereocenters. The molecule has 1 aromatic carbocycles. The van der Waals surface area contributed by atoms with Crippen molar-refractivity contribution in [1.29, 1.82) is 0 Å². The third kappa shape index (κ3) is 3.06.